The van der Waals surface area contributed by atoms with Gasteiger partial charge in [0.05, 0.1) is 0 Å². The van der Waals surface area contributed by atoms with Crippen LogP contribution in [0.25, 0.3) is 0 Å². The summed E-state index contributed by atoms with van der Waals surface area (Å²) in [7, 11) is 0. The maximum absolute atomic E-state index is 10.8. The molecule has 2 unspecified atom stereocenters. The zero-order chi connectivity index (χ0) is 8.55. The summed E-state index contributed by atoms with van der Waals surface area (Å²) in [5, 5.41) is 12.2. The summed E-state index contributed by atoms with van der Waals surface area (Å²) in [5.74, 6) is 0.542. The number of hydrogen-bond acceptors (Lipinski definition) is 2. The molecule has 2 atom stereocenters. The molecule has 3 fully saturated rings. The van der Waals surface area contributed by atoms with Gasteiger partial charge in [-0.3, -0.25) is 0 Å². The highest BCUT2D eigenvalue weighted by atomic mass is 16.4. The molecule has 0 saturated carbocycles. The normalized spacial score (nSPS) is 34.8. The fourth-order valence-corrected chi connectivity index (χ4v) is 2.17. The van der Waals surface area contributed by atoms with Crippen molar-refractivity contribution in [3.63, 3.8) is 0 Å². The quantitative estimate of drug-likeness (QED) is 0.551. The molecule has 4 heteroatoms. The molecule has 68 valence electrons. The molecule has 0 aromatic rings. The largest absolute Gasteiger partial charge is 0.465 e. The van der Waals surface area contributed by atoms with E-state index in [2.05, 4.69) is 5.32 Å². The number of carboxylic acid groups (broad SMARTS) is 1. The molecule has 0 aliphatic carbocycles. The third-order valence-electron chi connectivity index (χ3n) is 2.86. The number of nitrogens with zero attached hydrogens (tertiary/aromatic N) is 1. The van der Waals surface area contributed by atoms with Crippen LogP contribution in [0.1, 0.15) is 12.8 Å². The van der Waals surface area contributed by atoms with E-state index in [1.54, 1.807) is 4.90 Å². The second-order valence-corrected chi connectivity index (χ2v) is 3.69. The van der Waals surface area contributed by atoms with Crippen LogP contribution in [0.2, 0.25) is 0 Å². The number of hydrogen-bond donors (Lipinski definition) is 2. The minimum absolute atomic E-state index is 0.223. The smallest absolute Gasteiger partial charge is 0.407 e. The zero-order valence-electron chi connectivity index (χ0n) is 6.99. The summed E-state index contributed by atoms with van der Waals surface area (Å²) in [4.78, 5) is 12.4. The highest BCUT2D eigenvalue weighted by molar-refractivity contribution is 5.65. The molecule has 3 aliphatic rings. The minimum atomic E-state index is -0.756. The predicted molar refractivity (Wildman–Crippen MR) is 44.1 cm³/mol. The van der Waals surface area contributed by atoms with Gasteiger partial charge in [0, 0.05) is 19.1 Å². The first-order chi connectivity index (χ1) is 5.77. The Hall–Kier alpha value is -0.770. The van der Waals surface area contributed by atoms with Gasteiger partial charge in [0.25, 0.3) is 0 Å². The molecular weight excluding hydrogens is 156 g/mol. The molecule has 0 aromatic carbocycles. The lowest BCUT2D eigenvalue weighted by Gasteiger charge is -2.33. The van der Waals surface area contributed by atoms with Gasteiger partial charge in [-0.05, 0) is 25.3 Å². The Labute approximate surface area is 71.5 Å². The summed E-state index contributed by atoms with van der Waals surface area (Å²) in [6, 6.07) is 0.223. The van der Waals surface area contributed by atoms with Crippen LogP contribution in [-0.2, 0) is 0 Å². The van der Waals surface area contributed by atoms with Crippen molar-refractivity contribution in [1.82, 2.24) is 10.2 Å². The van der Waals surface area contributed by atoms with Crippen molar-refractivity contribution >= 4 is 6.09 Å². The van der Waals surface area contributed by atoms with Crippen molar-refractivity contribution in [2.24, 2.45) is 5.92 Å². The molecule has 2 N–H and O–H groups in total. The van der Waals surface area contributed by atoms with Gasteiger partial charge in [-0.15, -0.1) is 0 Å². The number of fused-ring (bicyclic) bond motifs is 4. The van der Waals surface area contributed by atoms with Gasteiger partial charge in [0.1, 0.15) is 0 Å². The Morgan fingerprint density at radius 3 is 3.00 bits per heavy atom. The molecule has 4 nitrogen and oxygen atoms in total. The van der Waals surface area contributed by atoms with E-state index in [4.69, 9.17) is 5.11 Å². The second-order valence-electron chi connectivity index (χ2n) is 3.69. The van der Waals surface area contributed by atoms with Crippen LogP contribution in [0, 0.1) is 5.92 Å². The third-order valence-corrected chi connectivity index (χ3v) is 2.86. The fourth-order valence-electron chi connectivity index (χ4n) is 2.17. The number of piperidine rings is 1. The van der Waals surface area contributed by atoms with E-state index in [-0.39, 0.29) is 6.04 Å². The molecule has 3 rings (SSSR count). The Morgan fingerprint density at radius 2 is 2.25 bits per heavy atom. The first-order valence-corrected chi connectivity index (χ1v) is 4.47. The van der Waals surface area contributed by atoms with Crippen LogP contribution >= 0.6 is 0 Å². The van der Waals surface area contributed by atoms with E-state index in [1.807, 2.05) is 0 Å². The molecule has 0 spiro atoms. The van der Waals surface area contributed by atoms with Crippen molar-refractivity contribution in [1.29, 1.82) is 0 Å². The third kappa shape index (κ3) is 1.27. The lowest BCUT2D eigenvalue weighted by atomic mass is 9.95. The first kappa shape index (κ1) is 7.86. The van der Waals surface area contributed by atoms with Gasteiger partial charge in [-0.25, -0.2) is 4.79 Å². The van der Waals surface area contributed by atoms with Crippen LogP contribution in [0.3, 0.4) is 0 Å². The molecule has 3 saturated heterocycles. The number of amides is 1. The van der Waals surface area contributed by atoms with E-state index in [1.165, 1.54) is 6.42 Å². The topological polar surface area (TPSA) is 52.6 Å². The maximum Gasteiger partial charge on any atom is 0.407 e. The molecular formula is C8H14N2O2. The molecule has 1 amide bonds. The molecule has 3 aliphatic heterocycles. The van der Waals surface area contributed by atoms with Crippen molar-refractivity contribution in [2.45, 2.75) is 18.9 Å². The van der Waals surface area contributed by atoms with Crippen molar-refractivity contribution in [3.05, 3.63) is 0 Å². The van der Waals surface area contributed by atoms with E-state index in [0.717, 1.165) is 26.1 Å². The Morgan fingerprint density at radius 1 is 1.42 bits per heavy atom. The van der Waals surface area contributed by atoms with Gasteiger partial charge >= 0.3 is 6.09 Å². The second kappa shape index (κ2) is 2.94. The van der Waals surface area contributed by atoms with E-state index in [0.29, 0.717) is 5.92 Å². The summed E-state index contributed by atoms with van der Waals surface area (Å²) in [5.41, 5.74) is 0. The number of rotatable bonds is 0. The fraction of sp³-hybridized carbons (Fsp3) is 0.875. The van der Waals surface area contributed by atoms with E-state index < -0.39 is 6.09 Å². The predicted octanol–water partition coefficient (Wildman–Crippen LogP) is 0.348. The Kier molecular flexibility index (Phi) is 1.92. The minimum Gasteiger partial charge on any atom is -0.465 e. The van der Waals surface area contributed by atoms with Crippen molar-refractivity contribution in [2.75, 3.05) is 19.6 Å². The monoisotopic (exact) mass is 170 g/mol. The lowest BCUT2D eigenvalue weighted by Crippen LogP contribution is -2.46. The van der Waals surface area contributed by atoms with E-state index in [9.17, 15) is 4.79 Å². The molecule has 0 radical (unpaired) electrons. The van der Waals surface area contributed by atoms with Crippen LogP contribution in [0.15, 0.2) is 0 Å². The van der Waals surface area contributed by atoms with Crippen molar-refractivity contribution in [3.8, 4) is 0 Å². The Bertz CT molecular complexity index is 191. The molecule has 2 bridgehead atoms. The van der Waals surface area contributed by atoms with Gasteiger partial charge in [-0.1, -0.05) is 0 Å². The average Bonchev–Trinajstić information content (AvgIpc) is 2.36. The lowest BCUT2D eigenvalue weighted by molar-refractivity contribution is 0.101. The Balaban J connectivity index is 2.11. The summed E-state index contributed by atoms with van der Waals surface area (Å²) in [6.07, 6.45) is 1.46. The molecule has 0 aromatic heterocycles. The van der Waals surface area contributed by atoms with Crippen LogP contribution < -0.4 is 5.32 Å². The highest BCUT2D eigenvalue weighted by Gasteiger charge is 2.33. The zero-order valence-corrected chi connectivity index (χ0v) is 6.99. The first-order valence-electron chi connectivity index (χ1n) is 4.47. The van der Waals surface area contributed by atoms with Crippen LogP contribution in [0.4, 0.5) is 4.79 Å². The highest BCUT2D eigenvalue weighted by Crippen LogP contribution is 2.23. The number of carbonyl (C=O) groups is 1. The SMILES string of the molecule is O=C(O)N1CC2CCC1CNC2. The van der Waals surface area contributed by atoms with E-state index >= 15 is 0 Å². The van der Waals surface area contributed by atoms with Crippen molar-refractivity contribution < 1.29 is 9.90 Å². The van der Waals surface area contributed by atoms with Crippen LogP contribution in [0.5, 0.6) is 0 Å². The van der Waals surface area contributed by atoms with Gasteiger partial charge in [-0.2, -0.15) is 0 Å². The van der Waals surface area contributed by atoms with Crippen LogP contribution in [-0.4, -0.2) is 41.8 Å². The van der Waals surface area contributed by atoms with Gasteiger partial charge in [0.15, 0.2) is 0 Å². The summed E-state index contributed by atoms with van der Waals surface area (Å²) in [6.45, 7) is 2.55. The van der Waals surface area contributed by atoms with Gasteiger partial charge in [0.2, 0.25) is 0 Å². The standard InChI is InChI=1S/C8H14N2O2/c11-8(12)10-5-6-1-2-7(10)4-9-3-6/h6-7,9H,1-5H2,(H,11,12). The molecule has 3 heterocycles. The average molecular weight is 170 g/mol. The summed E-state index contributed by atoms with van der Waals surface area (Å²) < 4.78 is 0. The summed E-state index contributed by atoms with van der Waals surface area (Å²) >= 11 is 0. The molecule has 12 heavy (non-hydrogen) atoms. The van der Waals surface area contributed by atoms with Gasteiger partial charge < -0.3 is 15.3 Å². The maximum atomic E-state index is 10.8. The number of nitrogens with one attached hydrogen (secondary N) is 1.